The summed E-state index contributed by atoms with van der Waals surface area (Å²) in [5, 5.41) is 6.87. The smallest absolute Gasteiger partial charge is 0.229 e. The first-order valence-electron chi connectivity index (χ1n) is 6.78. The fraction of sp³-hybridized carbons (Fsp3) is 0.125. The number of amides is 1. The van der Waals surface area contributed by atoms with Gasteiger partial charge >= 0.3 is 0 Å². The molecule has 0 bridgehead atoms. The Hall–Kier alpha value is -2.18. The fourth-order valence-corrected chi connectivity index (χ4v) is 2.17. The van der Waals surface area contributed by atoms with Crippen LogP contribution in [0.15, 0.2) is 41.6 Å². The van der Waals surface area contributed by atoms with Crippen molar-refractivity contribution in [1.82, 2.24) is 0 Å². The number of hydrogen-bond donors (Lipinski definition) is 1. The number of carbonyl (C=O) groups is 1. The van der Waals surface area contributed by atoms with Crippen LogP contribution in [-0.4, -0.2) is 12.1 Å². The topological polar surface area (TPSA) is 50.7 Å². The Morgan fingerprint density at radius 3 is 2.71 bits per heavy atom. The first-order chi connectivity index (χ1) is 11.5. The molecule has 2 aromatic carbocycles. The molecule has 24 heavy (non-hydrogen) atoms. The van der Waals surface area contributed by atoms with Crippen LogP contribution in [0, 0.1) is 11.6 Å². The molecule has 2 aromatic rings. The summed E-state index contributed by atoms with van der Waals surface area (Å²) in [5.41, 5.74) is 0.583. The van der Waals surface area contributed by atoms with Crippen LogP contribution in [0.25, 0.3) is 0 Å². The van der Waals surface area contributed by atoms with Crippen molar-refractivity contribution >= 4 is 41.0 Å². The van der Waals surface area contributed by atoms with Crippen LogP contribution >= 0.6 is 23.2 Å². The van der Waals surface area contributed by atoms with Crippen LogP contribution in [0.2, 0.25) is 10.0 Å². The first kappa shape index (κ1) is 18.2. The molecule has 0 aliphatic rings. The van der Waals surface area contributed by atoms with Crippen molar-refractivity contribution in [2.45, 2.75) is 13.0 Å². The summed E-state index contributed by atoms with van der Waals surface area (Å²) >= 11 is 11.7. The number of benzene rings is 2. The zero-order chi connectivity index (χ0) is 17.5. The van der Waals surface area contributed by atoms with Crippen LogP contribution in [0.5, 0.6) is 0 Å². The summed E-state index contributed by atoms with van der Waals surface area (Å²) in [6, 6.07) is 7.81. The Morgan fingerprint density at radius 2 is 2.00 bits per heavy atom. The van der Waals surface area contributed by atoms with Gasteiger partial charge in [-0.15, -0.1) is 0 Å². The maximum atomic E-state index is 13.4. The molecule has 0 aliphatic carbocycles. The molecular formula is C16H12Cl2F2N2O2. The molecular weight excluding hydrogens is 361 g/mol. The van der Waals surface area contributed by atoms with Gasteiger partial charge in [-0.1, -0.05) is 34.4 Å². The largest absolute Gasteiger partial charge is 0.391 e. The van der Waals surface area contributed by atoms with Crippen LogP contribution in [0.1, 0.15) is 12.0 Å². The Labute approximate surface area is 147 Å². The van der Waals surface area contributed by atoms with Gasteiger partial charge in [0.15, 0.2) is 0 Å². The average molecular weight is 373 g/mol. The third-order valence-corrected chi connectivity index (χ3v) is 3.45. The molecule has 4 nitrogen and oxygen atoms in total. The van der Waals surface area contributed by atoms with Crippen molar-refractivity contribution in [2.24, 2.45) is 5.16 Å². The molecule has 0 saturated carbocycles. The van der Waals surface area contributed by atoms with E-state index >= 15 is 0 Å². The number of rotatable bonds is 6. The summed E-state index contributed by atoms with van der Waals surface area (Å²) < 4.78 is 26.1. The minimum atomic E-state index is -0.853. The number of anilines is 1. The van der Waals surface area contributed by atoms with Gasteiger partial charge < -0.3 is 10.2 Å². The lowest BCUT2D eigenvalue weighted by Gasteiger charge is -2.05. The third-order valence-electron chi connectivity index (χ3n) is 2.87. The number of oxime groups is 1. The number of nitrogens with zero attached hydrogens (tertiary/aromatic N) is 1. The molecule has 0 aromatic heterocycles. The molecule has 2 rings (SSSR count). The quantitative estimate of drug-likeness (QED) is 0.584. The van der Waals surface area contributed by atoms with Crippen LogP contribution < -0.4 is 5.32 Å². The van der Waals surface area contributed by atoms with Crippen LogP contribution in [0.3, 0.4) is 0 Å². The van der Waals surface area contributed by atoms with E-state index in [4.69, 9.17) is 28.0 Å². The fourth-order valence-electron chi connectivity index (χ4n) is 1.71. The molecule has 1 amide bonds. The molecule has 0 heterocycles. The maximum Gasteiger partial charge on any atom is 0.229 e. The second-order valence-electron chi connectivity index (χ2n) is 4.67. The Morgan fingerprint density at radius 1 is 1.21 bits per heavy atom. The highest BCUT2D eigenvalue weighted by atomic mass is 35.5. The summed E-state index contributed by atoms with van der Waals surface area (Å²) in [6.45, 7) is 0.112. The van der Waals surface area contributed by atoms with Crippen molar-refractivity contribution in [3.8, 4) is 0 Å². The zero-order valence-corrected chi connectivity index (χ0v) is 13.7. The standard InChI is InChI=1S/C16H12Cl2F2N2O2/c17-11-2-1-10(13(18)7-11)9-24-21-6-5-16(23)22-15-4-3-12(19)8-14(15)20/h1-4,6-8H,5,9H2,(H,22,23)/b21-6+. The van der Waals surface area contributed by atoms with Gasteiger partial charge in [0.25, 0.3) is 0 Å². The van der Waals surface area contributed by atoms with E-state index in [1.807, 2.05) is 0 Å². The highest BCUT2D eigenvalue weighted by Gasteiger charge is 2.07. The Balaban J connectivity index is 1.78. The van der Waals surface area contributed by atoms with Crippen LogP contribution in [0.4, 0.5) is 14.5 Å². The highest BCUT2D eigenvalue weighted by molar-refractivity contribution is 6.35. The van der Waals surface area contributed by atoms with E-state index in [1.165, 1.54) is 6.21 Å². The molecule has 0 atom stereocenters. The summed E-state index contributed by atoms with van der Waals surface area (Å²) in [6.07, 6.45) is 1.09. The molecule has 1 N–H and O–H groups in total. The second kappa shape index (κ2) is 8.61. The van der Waals surface area contributed by atoms with Gasteiger partial charge in [0, 0.05) is 21.7 Å². The van der Waals surface area contributed by atoms with Gasteiger partial charge in [-0.3, -0.25) is 4.79 Å². The van der Waals surface area contributed by atoms with Crippen molar-refractivity contribution in [3.05, 3.63) is 63.6 Å². The first-order valence-corrected chi connectivity index (χ1v) is 7.54. The number of hydrogen-bond acceptors (Lipinski definition) is 3. The molecule has 0 unspecified atom stereocenters. The van der Waals surface area contributed by atoms with Gasteiger partial charge in [-0.25, -0.2) is 8.78 Å². The Kier molecular flexibility index (Phi) is 6.52. The second-order valence-corrected chi connectivity index (χ2v) is 5.52. The van der Waals surface area contributed by atoms with Gasteiger partial charge in [-0.2, -0.15) is 0 Å². The monoisotopic (exact) mass is 372 g/mol. The predicted octanol–water partition coefficient (Wildman–Crippen LogP) is 4.80. The lowest BCUT2D eigenvalue weighted by Crippen LogP contribution is -2.13. The molecule has 0 spiro atoms. The molecule has 0 radical (unpaired) electrons. The summed E-state index contributed by atoms with van der Waals surface area (Å²) in [4.78, 5) is 16.6. The van der Waals surface area contributed by atoms with Crippen LogP contribution in [-0.2, 0) is 16.2 Å². The average Bonchev–Trinajstić information content (AvgIpc) is 2.51. The number of halogens is 4. The third kappa shape index (κ3) is 5.47. The van der Waals surface area contributed by atoms with E-state index in [0.717, 1.165) is 12.1 Å². The maximum absolute atomic E-state index is 13.4. The molecule has 0 saturated heterocycles. The minimum absolute atomic E-state index is 0.108. The van der Waals surface area contributed by atoms with Gasteiger partial charge in [0.2, 0.25) is 5.91 Å². The summed E-state index contributed by atoms with van der Waals surface area (Å²) in [5.74, 6) is -2.09. The van der Waals surface area contributed by atoms with E-state index in [9.17, 15) is 13.6 Å². The van der Waals surface area contributed by atoms with Gasteiger partial charge in [0.05, 0.1) is 18.3 Å². The predicted molar refractivity (Wildman–Crippen MR) is 89.3 cm³/mol. The van der Waals surface area contributed by atoms with E-state index < -0.39 is 17.5 Å². The van der Waals surface area contributed by atoms with Gasteiger partial charge in [0.1, 0.15) is 18.2 Å². The Bertz CT molecular complexity index is 770. The SMILES string of the molecule is O=C(C/C=N/OCc1ccc(Cl)cc1Cl)Nc1ccc(F)cc1F. The number of carbonyl (C=O) groups excluding carboxylic acids is 1. The minimum Gasteiger partial charge on any atom is -0.391 e. The summed E-state index contributed by atoms with van der Waals surface area (Å²) in [7, 11) is 0. The van der Waals surface area contributed by atoms with Crippen molar-refractivity contribution in [3.63, 3.8) is 0 Å². The lowest BCUT2D eigenvalue weighted by atomic mass is 10.2. The molecule has 8 heteroatoms. The molecule has 126 valence electrons. The highest BCUT2D eigenvalue weighted by Crippen LogP contribution is 2.21. The lowest BCUT2D eigenvalue weighted by molar-refractivity contribution is -0.115. The number of nitrogens with one attached hydrogen (secondary N) is 1. The molecule has 0 fully saturated rings. The van der Waals surface area contributed by atoms with Crippen molar-refractivity contribution in [2.75, 3.05) is 5.32 Å². The van der Waals surface area contributed by atoms with E-state index in [2.05, 4.69) is 10.5 Å². The zero-order valence-electron chi connectivity index (χ0n) is 12.2. The van der Waals surface area contributed by atoms with Crippen molar-refractivity contribution in [1.29, 1.82) is 0 Å². The van der Waals surface area contributed by atoms with Gasteiger partial charge in [-0.05, 0) is 24.3 Å². The normalized spacial score (nSPS) is 10.8. The van der Waals surface area contributed by atoms with E-state index in [0.29, 0.717) is 21.7 Å². The molecule has 0 aliphatic heterocycles. The van der Waals surface area contributed by atoms with E-state index in [-0.39, 0.29) is 18.7 Å². The van der Waals surface area contributed by atoms with E-state index in [1.54, 1.807) is 18.2 Å². The van der Waals surface area contributed by atoms with Crippen molar-refractivity contribution < 1.29 is 18.4 Å².